The summed E-state index contributed by atoms with van der Waals surface area (Å²) >= 11 is 12.7. The molecule has 2 rings (SSSR count). The van der Waals surface area contributed by atoms with E-state index in [1.165, 1.54) is 12.1 Å². The molecule has 13 heteroatoms. The van der Waals surface area contributed by atoms with Crippen molar-refractivity contribution in [3.05, 3.63) is 43.7 Å². The number of amides is 2. The number of nitrogens with zero attached hydrogens (tertiary/aromatic N) is 3. The Hall–Kier alpha value is -3.62. The lowest BCUT2D eigenvalue weighted by Crippen LogP contribution is -2.36. The quantitative estimate of drug-likeness (QED) is 0.386. The van der Waals surface area contributed by atoms with Crippen molar-refractivity contribution in [3.8, 4) is 17.7 Å². The van der Waals surface area contributed by atoms with E-state index in [0.29, 0.717) is 11.1 Å². The average molecular weight is 495 g/mol. The normalized spacial score (nSPS) is 11.0. The molecule has 2 aromatic rings. The van der Waals surface area contributed by atoms with Crippen molar-refractivity contribution in [2.45, 2.75) is 33.6 Å². The predicted octanol–water partition coefficient (Wildman–Crippen LogP) is 3.87. The summed E-state index contributed by atoms with van der Waals surface area (Å²) in [4.78, 5) is 35.2. The van der Waals surface area contributed by atoms with Crippen LogP contribution in [0.4, 0.5) is 10.5 Å². The smallest absolute Gasteiger partial charge is 0.414 e. The highest BCUT2D eigenvalue weighted by Crippen LogP contribution is 2.41. The van der Waals surface area contributed by atoms with Crippen LogP contribution < -0.4 is 21.0 Å². The number of hydrogen-bond donors (Lipinski definition) is 3. The molecule has 0 aliphatic heterocycles. The highest BCUT2D eigenvalue weighted by Gasteiger charge is 2.19. The van der Waals surface area contributed by atoms with Crippen LogP contribution in [0.15, 0.2) is 22.0 Å². The number of hydrazone groups is 1. The fourth-order valence-corrected chi connectivity index (χ4v) is 2.99. The molecule has 33 heavy (non-hydrogen) atoms. The number of benzene rings is 1. The number of hydrogen-bond acceptors (Lipinski definition) is 9. The number of nitriles is 1. The first-order valence-electron chi connectivity index (χ1n) is 9.56. The number of aromatic nitrogens is 2. The van der Waals surface area contributed by atoms with Gasteiger partial charge in [0.15, 0.2) is 5.75 Å². The van der Waals surface area contributed by atoms with Crippen molar-refractivity contribution in [2.24, 2.45) is 5.10 Å². The third-order valence-electron chi connectivity index (χ3n) is 4.16. The maximum Gasteiger partial charge on any atom is 0.414 e. The first kappa shape index (κ1) is 25.6. The van der Waals surface area contributed by atoms with Crippen molar-refractivity contribution in [1.29, 1.82) is 5.26 Å². The van der Waals surface area contributed by atoms with Crippen LogP contribution in [0, 0.1) is 18.3 Å². The number of carbonyl (C=O) groups is 2. The molecule has 0 fully saturated rings. The van der Waals surface area contributed by atoms with E-state index in [-0.39, 0.29) is 45.4 Å². The highest BCUT2D eigenvalue weighted by molar-refractivity contribution is 6.47. The lowest BCUT2D eigenvalue weighted by Gasteiger charge is -2.14. The van der Waals surface area contributed by atoms with E-state index in [4.69, 9.17) is 33.2 Å². The standard InChI is InChI=1S/C20H20Cl2N6O5/c1-5-32-20(31)24-19(30)14(8-23)26-25-13-7-12(21)17(16(22)10(13)4)33-15-6-11(9(2)3)18(29)28-27-15/h6-7,9,25H,5H2,1-4H3,(H,28,29)(H,24,30,31)/b26-14+. The Morgan fingerprint density at radius 3 is 2.64 bits per heavy atom. The molecule has 1 aromatic heterocycles. The highest BCUT2D eigenvalue weighted by atomic mass is 35.5. The molecule has 11 nitrogen and oxygen atoms in total. The zero-order chi connectivity index (χ0) is 24.7. The van der Waals surface area contributed by atoms with Crippen molar-refractivity contribution in [1.82, 2.24) is 15.5 Å². The molecule has 0 saturated heterocycles. The van der Waals surface area contributed by atoms with Gasteiger partial charge in [-0.15, -0.1) is 5.10 Å². The molecular formula is C20H20Cl2N6O5. The molecule has 0 atom stereocenters. The largest absolute Gasteiger partial charge is 0.450 e. The monoisotopic (exact) mass is 494 g/mol. The van der Waals surface area contributed by atoms with E-state index >= 15 is 0 Å². The van der Waals surface area contributed by atoms with E-state index < -0.39 is 17.7 Å². The summed E-state index contributed by atoms with van der Waals surface area (Å²) in [5.74, 6) is -0.947. The Kier molecular flexibility index (Phi) is 8.78. The third-order valence-corrected chi connectivity index (χ3v) is 4.89. The maximum absolute atomic E-state index is 11.9. The summed E-state index contributed by atoms with van der Waals surface area (Å²) in [6.45, 7) is 6.93. The molecule has 3 N–H and O–H groups in total. The Morgan fingerprint density at radius 1 is 1.33 bits per heavy atom. The Labute approximate surface area is 198 Å². The van der Waals surface area contributed by atoms with Gasteiger partial charge in [-0.25, -0.2) is 9.89 Å². The van der Waals surface area contributed by atoms with Gasteiger partial charge in [0.1, 0.15) is 6.07 Å². The van der Waals surface area contributed by atoms with Crippen LogP contribution in [0.1, 0.15) is 37.8 Å². The van der Waals surface area contributed by atoms with Gasteiger partial charge in [-0.05, 0) is 31.4 Å². The van der Waals surface area contributed by atoms with Crippen LogP contribution in [-0.2, 0) is 9.53 Å². The van der Waals surface area contributed by atoms with E-state index in [2.05, 4.69) is 25.5 Å². The number of alkyl carbamates (subject to hydrolysis) is 1. The van der Waals surface area contributed by atoms with Crippen LogP contribution >= 0.6 is 23.2 Å². The predicted molar refractivity (Wildman–Crippen MR) is 122 cm³/mol. The first-order valence-corrected chi connectivity index (χ1v) is 10.3. The van der Waals surface area contributed by atoms with Crippen LogP contribution in [0.25, 0.3) is 0 Å². The molecule has 0 aliphatic rings. The van der Waals surface area contributed by atoms with Crippen molar-refractivity contribution >= 4 is 46.6 Å². The van der Waals surface area contributed by atoms with E-state index in [1.54, 1.807) is 19.9 Å². The molecule has 174 valence electrons. The Balaban J connectivity index is 2.29. The van der Waals surface area contributed by atoms with E-state index in [0.717, 1.165) is 0 Å². The Bertz CT molecular complexity index is 1200. The molecule has 0 aliphatic carbocycles. The lowest BCUT2D eigenvalue weighted by atomic mass is 10.1. The van der Waals surface area contributed by atoms with E-state index in [1.807, 2.05) is 19.2 Å². The molecular weight excluding hydrogens is 475 g/mol. The summed E-state index contributed by atoms with van der Waals surface area (Å²) < 4.78 is 10.3. The van der Waals surface area contributed by atoms with Gasteiger partial charge < -0.3 is 9.47 Å². The van der Waals surface area contributed by atoms with Gasteiger partial charge in [0, 0.05) is 11.6 Å². The van der Waals surface area contributed by atoms with Crippen molar-refractivity contribution in [3.63, 3.8) is 0 Å². The van der Waals surface area contributed by atoms with E-state index in [9.17, 15) is 14.4 Å². The summed E-state index contributed by atoms with van der Waals surface area (Å²) in [7, 11) is 0. The SMILES string of the molecule is CCOC(=O)NC(=O)/C(C#N)=N/Nc1cc(Cl)c(Oc2cc(C(C)C)c(=O)[nH]n2)c(Cl)c1C. The van der Waals surface area contributed by atoms with Crippen LogP contribution in [0.2, 0.25) is 10.0 Å². The Morgan fingerprint density at radius 2 is 2.03 bits per heavy atom. The van der Waals surface area contributed by atoms with Gasteiger partial charge in [0.05, 0.1) is 22.3 Å². The molecule has 0 spiro atoms. The number of ether oxygens (including phenoxy) is 2. The zero-order valence-electron chi connectivity index (χ0n) is 18.1. The number of H-pyrrole nitrogens is 1. The second kappa shape index (κ2) is 11.3. The third kappa shape index (κ3) is 6.44. The number of carbonyl (C=O) groups excluding carboxylic acids is 2. The topological polar surface area (TPSA) is 159 Å². The fraction of sp³-hybridized carbons (Fsp3) is 0.300. The molecule has 0 unspecified atom stereocenters. The summed E-state index contributed by atoms with van der Waals surface area (Å²) in [5.41, 5.74) is 2.73. The van der Waals surface area contributed by atoms with Gasteiger partial charge in [0.2, 0.25) is 11.6 Å². The number of aromatic amines is 1. The van der Waals surface area contributed by atoms with Gasteiger partial charge in [-0.2, -0.15) is 10.4 Å². The number of nitrogens with one attached hydrogen (secondary N) is 3. The molecule has 1 heterocycles. The summed E-state index contributed by atoms with van der Waals surface area (Å²) in [6, 6.07) is 4.47. The van der Waals surface area contributed by atoms with Crippen LogP contribution in [0.3, 0.4) is 0 Å². The molecule has 0 bridgehead atoms. The molecule has 1 aromatic carbocycles. The fourth-order valence-electron chi connectivity index (χ4n) is 2.45. The number of imide groups is 1. The minimum absolute atomic E-state index is 0.0500. The maximum atomic E-state index is 11.9. The summed E-state index contributed by atoms with van der Waals surface area (Å²) in [6.07, 6.45) is -1.01. The van der Waals surface area contributed by atoms with Crippen molar-refractivity contribution < 1.29 is 19.1 Å². The molecule has 0 saturated carbocycles. The van der Waals surface area contributed by atoms with Crippen LogP contribution in [-0.4, -0.2) is 34.5 Å². The second-order valence-electron chi connectivity index (χ2n) is 6.78. The number of halogens is 2. The second-order valence-corrected chi connectivity index (χ2v) is 7.57. The zero-order valence-corrected chi connectivity index (χ0v) is 19.6. The number of rotatable bonds is 7. The average Bonchev–Trinajstić information content (AvgIpc) is 2.75. The van der Waals surface area contributed by atoms with Gasteiger partial charge in [-0.3, -0.25) is 20.3 Å². The van der Waals surface area contributed by atoms with Gasteiger partial charge in [0.25, 0.3) is 11.5 Å². The first-order chi connectivity index (χ1) is 15.6. The molecule has 0 radical (unpaired) electrons. The van der Waals surface area contributed by atoms with Crippen LogP contribution in [0.5, 0.6) is 11.6 Å². The number of anilines is 1. The van der Waals surface area contributed by atoms with Gasteiger partial charge >= 0.3 is 6.09 Å². The molecule has 2 amide bonds. The van der Waals surface area contributed by atoms with Gasteiger partial charge in [-0.1, -0.05) is 37.0 Å². The minimum Gasteiger partial charge on any atom is -0.450 e. The van der Waals surface area contributed by atoms with Crippen molar-refractivity contribution in [2.75, 3.05) is 12.0 Å². The lowest BCUT2D eigenvalue weighted by molar-refractivity contribution is -0.114. The minimum atomic E-state index is -1.05. The summed E-state index contributed by atoms with van der Waals surface area (Å²) in [5, 5.41) is 21.1.